The minimum Gasteiger partial charge on any atom is -0.469 e. The summed E-state index contributed by atoms with van der Waals surface area (Å²) < 4.78 is 5.08. The lowest BCUT2D eigenvalue weighted by Gasteiger charge is -2.28. The van der Waals surface area contributed by atoms with Crippen LogP contribution < -0.4 is 0 Å². The number of ketones is 1. The quantitative estimate of drug-likeness (QED) is 0.553. The van der Waals surface area contributed by atoms with Crippen molar-refractivity contribution in [3.8, 4) is 0 Å². The van der Waals surface area contributed by atoms with Crippen LogP contribution in [0.1, 0.15) is 6.42 Å². The summed E-state index contributed by atoms with van der Waals surface area (Å²) >= 11 is 0. The molecule has 0 unspecified atom stereocenters. The molecule has 1 amide bonds. The Bertz CT molecular complexity index is 389. The van der Waals surface area contributed by atoms with E-state index in [4.69, 9.17) is 4.74 Å². The smallest absolute Gasteiger partial charge is 0.237 e. The lowest BCUT2D eigenvalue weighted by atomic mass is 10.1. The second kappa shape index (κ2) is 3.73. The molecular formula is C10H11NO5. The van der Waals surface area contributed by atoms with Gasteiger partial charge in [0.25, 0.3) is 0 Å². The fraction of sp³-hybridized carbons (Fsp3) is 0.400. The predicted octanol–water partition coefficient (Wildman–Crippen LogP) is -1.11. The Labute approximate surface area is 91.4 Å². The average molecular weight is 225 g/mol. The highest BCUT2D eigenvalue weighted by Crippen LogP contribution is 2.27. The monoisotopic (exact) mass is 225 g/mol. The van der Waals surface area contributed by atoms with E-state index >= 15 is 0 Å². The first-order valence-electron chi connectivity index (χ1n) is 4.74. The van der Waals surface area contributed by atoms with Gasteiger partial charge in [-0.05, 0) is 6.08 Å². The van der Waals surface area contributed by atoms with Gasteiger partial charge in [0.15, 0.2) is 5.78 Å². The van der Waals surface area contributed by atoms with Gasteiger partial charge < -0.3 is 14.9 Å². The highest BCUT2D eigenvalue weighted by molar-refractivity contribution is 6.06. The van der Waals surface area contributed by atoms with E-state index in [0.29, 0.717) is 0 Å². The molecule has 6 heteroatoms. The van der Waals surface area contributed by atoms with Crippen molar-refractivity contribution in [1.82, 2.24) is 4.90 Å². The van der Waals surface area contributed by atoms with E-state index < -0.39 is 24.3 Å². The zero-order valence-electron chi connectivity index (χ0n) is 8.37. The number of hydrogen-bond donors (Lipinski definition) is 2. The van der Waals surface area contributed by atoms with E-state index in [1.165, 1.54) is 12.3 Å². The zero-order valence-corrected chi connectivity index (χ0v) is 8.37. The second-order valence-corrected chi connectivity index (χ2v) is 3.67. The maximum absolute atomic E-state index is 11.5. The Hall–Kier alpha value is -1.66. The van der Waals surface area contributed by atoms with Crippen LogP contribution >= 0.6 is 0 Å². The normalized spacial score (nSPS) is 34.5. The van der Waals surface area contributed by atoms with E-state index in [-0.39, 0.29) is 18.0 Å². The fourth-order valence-electron chi connectivity index (χ4n) is 1.63. The van der Waals surface area contributed by atoms with Gasteiger partial charge in [0.2, 0.25) is 12.1 Å². The van der Waals surface area contributed by atoms with E-state index in [2.05, 4.69) is 6.58 Å². The van der Waals surface area contributed by atoms with E-state index in [1.807, 2.05) is 0 Å². The van der Waals surface area contributed by atoms with Crippen LogP contribution in [0.15, 0.2) is 24.6 Å². The minimum atomic E-state index is -1.26. The van der Waals surface area contributed by atoms with Crippen molar-refractivity contribution < 1.29 is 24.5 Å². The summed E-state index contributed by atoms with van der Waals surface area (Å²) in [6.45, 7) is 3.41. The number of carbonyl (C=O) groups is 2. The van der Waals surface area contributed by atoms with Crippen LogP contribution in [0.5, 0.6) is 0 Å². The molecule has 2 aliphatic rings. The number of carbonyl (C=O) groups excluding carboxylic acids is 2. The Balaban J connectivity index is 2.20. The Morgan fingerprint density at radius 1 is 1.44 bits per heavy atom. The molecule has 0 saturated carbocycles. The molecule has 2 heterocycles. The van der Waals surface area contributed by atoms with Gasteiger partial charge in [-0.2, -0.15) is 0 Å². The van der Waals surface area contributed by atoms with E-state index in [1.54, 1.807) is 0 Å². The highest BCUT2D eigenvalue weighted by atomic mass is 16.6. The molecule has 0 aromatic carbocycles. The van der Waals surface area contributed by atoms with Crippen molar-refractivity contribution in [2.24, 2.45) is 0 Å². The number of nitrogens with zero attached hydrogens (tertiary/aromatic N) is 1. The molecule has 2 N–H and O–H groups in total. The molecule has 16 heavy (non-hydrogen) atoms. The van der Waals surface area contributed by atoms with E-state index in [9.17, 15) is 19.8 Å². The number of hydrogen-bond acceptors (Lipinski definition) is 5. The number of amides is 1. The molecule has 0 aromatic heterocycles. The van der Waals surface area contributed by atoms with Crippen molar-refractivity contribution in [3.05, 3.63) is 24.6 Å². The van der Waals surface area contributed by atoms with Gasteiger partial charge in [0.1, 0.15) is 18.0 Å². The molecule has 1 fully saturated rings. The Morgan fingerprint density at radius 3 is 2.62 bits per heavy atom. The molecule has 0 aromatic rings. The number of aliphatic hydroxyl groups is 2. The van der Waals surface area contributed by atoms with Gasteiger partial charge in [-0.1, -0.05) is 6.58 Å². The molecular weight excluding hydrogens is 214 g/mol. The van der Waals surface area contributed by atoms with Crippen molar-refractivity contribution in [1.29, 1.82) is 0 Å². The van der Waals surface area contributed by atoms with Gasteiger partial charge in [-0.25, -0.2) is 0 Å². The molecule has 86 valence electrons. The van der Waals surface area contributed by atoms with Gasteiger partial charge in [-0.15, -0.1) is 0 Å². The first-order chi connectivity index (χ1) is 7.50. The predicted molar refractivity (Wildman–Crippen MR) is 51.6 cm³/mol. The standard InChI is InChI=1S/C10H11NO5/c1-5-8(14)9(15)10(16-5)11-3-2-6(12)4-7(11)13/h2-3,8-10,14-15H,1,4H2/t8-,9-,10-/m1/s1. The molecule has 0 bridgehead atoms. The number of aliphatic hydroxyl groups excluding tert-OH is 2. The van der Waals surface area contributed by atoms with Crippen LogP contribution in [0.4, 0.5) is 0 Å². The maximum Gasteiger partial charge on any atom is 0.237 e. The molecule has 6 nitrogen and oxygen atoms in total. The van der Waals surface area contributed by atoms with Crippen LogP contribution in [0.3, 0.4) is 0 Å². The van der Waals surface area contributed by atoms with E-state index in [0.717, 1.165) is 4.90 Å². The van der Waals surface area contributed by atoms with Crippen LogP contribution in [0.2, 0.25) is 0 Å². The molecule has 1 saturated heterocycles. The SMILES string of the molecule is C=C1O[C@@H](N2C=CC(=O)CC2=O)[C@H](O)[C@@H]1O. The van der Waals surface area contributed by atoms with Crippen LogP contribution in [-0.4, -0.2) is 45.2 Å². The third-order valence-electron chi connectivity index (χ3n) is 2.53. The summed E-state index contributed by atoms with van der Waals surface area (Å²) in [4.78, 5) is 23.5. The minimum absolute atomic E-state index is 0.00981. The molecule has 0 spiro atoms. The number of allylic oxidation sites excluding steroid dienone is 1. The molecule has 3 atom stereocenters. The molecule has 2 rings (SSSR count). The van der Waals surface area contributed by atoms with Gasteiger partial charge in [-0.3, -0.25) is 14.5 Å². The molecule has 2 aliphatic heterocycles. The largest absolute Gasteiger partial charge is 0.469 e. The van der Waals surface area contributed by atoms with Crippen LogP contribution in [0, 0.1) is 0 Å². The van der Waals surface area contributed by atoms with Crippen molar-refractivity contribution in [3.63, 3.8) is 0 Å². The summed E-state index contributed by atoms with van der Waals surface area (Å²) in [5, 5.41) is 19.0. The summed E-state index contributed by atoms with van der Waals surface area (Å²) in [6, 6.07) is 0. The van der Waals surface area contributed by atoms with Gasteiger partial charge >= 0.3 is 0 Å². The van der Waals surface area contributed by atoms with Crippen molar-refractivity contribution >= 4 is 11.7 Å². The first kappa shape index (κ1) is 10.8. The summed E-state index contributed by atoms with van der Waals surface area (Å²) in [5.74, 6) is -0.762. The second-order valence-electron chi connectivity index (χ2n) is 3.67. The lowest BCUT2D eigenvalue weighted by molar-refractivity contribution is -0.144. The molecule has 0 aliphatic carbocycles. The zero-order chi connectivity index (χ0) is 11.9. The van der Waals surface area contributed by atoms with Gasteiger partial charge in [0.05, 0.1) is 6.42 Å². The number of ether oxygens (including phenoxy) is 1. The summed E-state index contributed by atoms with van der Waals surface area (Å²) in [5.41, 5.74) is 0. The van der Waals surface area contributed by atoms with Crippen molar-refractivity contribution in [2.45, 2.75) is 24.9 Å². The van der Waals surface area contributed by atoms with Crippen LogP contribution in [-0.2, 0) is 14.3 Å². The van der Waals surface area contributed by atoms with Gasteiger partial charge in [0, 0.05) is 6.20 Å². The highest BCUT2D eigenvalue weighted by Gasteiger charge is 2.44. The van der Waals surface area contributed by atoms with Crippen molar-refractivity contribution in [2.75, 3.05) is 0 Å². The number of rotatable bonds is 1. The summed E-state index contributed by atoms with van der Waals surface area (Å²) in [7, 11) is 0. The average Bonchev–Trinajstić information content (AvgIpc) is 2.46. The topological polar surface area (TPSA) is 87.1 Å². The lowest BCUT2D eigenvalue weighted by Crippen LogP contribution is -2.46. The molecule has 0 radical (unpaired) electrons. The van der Waals surface area contributed by atoms with Crippen LogP contribution in [0.25, 0.3) is 0 Å². The first-order valence-corrected chi connectivity index (χ1v) is 4.74. The summed E-state index contributed by atoms with van der Waals surface area (Å²) in [6.07, 6.45) is -1.28. The fourth-order valence-corrected chi connectivity index (χ4v) is 1.63. The third kappa shape index (κ3) is 1.62. The third-order valence-corrected chi connectivity index (χ3v) is 2.53. The maximum atomic E-state index is 11.5. The Kier molecular flexibility index (Phi) is 2.53. The Morgan fingerprint density at radius 2 is 2.12 bits per heavy atom.